The van der Waals surface area contributed by atoms with Crippen LogP contribution in [0.1, 0.15) is 58.3 Å². The molecule has 94 valence electrons. The third-order valence-electron chi connectivity index (χ3n) is 2.44. The van der Waals surface area contributed by atoms with Gasteiger partial charge in [-0.3, -0.25) is 0 Å². The number of unbranched alkanes of at least 4 members (excludes halogenated alkanes) is 6. The topological polar surface area (TPSA) is 45.0 Å². The van der Waals surface area contributed by atoms with Crippen LogP contribution >= 0.6 is 0 Å². The molecule has 0 aliphatic carbocycles. The van der Waals surface area contributed by atoms with Crippen LogP contribution in [0.25, 0.3) is 0 Å². The number of hydrogen-bond donors (Lipinski definition) is 1. The molecular formula is C13H26N2O. The fourth-order valence-electron chi connectivity index (χ4n) is 1.42. The van der Waals surface area contributed by atoms with E-state index in [1.54, 1.807) is 0 Å². The van der Waals surface area contributed by atoms with Crippen LogP contribution in [-0.2, 0) is 0 Å². The molecule has 0 aromatic rings. The molecule has 0 rings (SSSR count). The molecule has 0 saturated carbocycles. The maximum Gasteiger partial charge on any atom is 0.0892 e. The van der Waals surface area contributed by atoms with Gasteiger partial charge in [-0.05, 0) is 19.3 Å². The zero-order chi connectivity index (χ0) is 11.9. The predicted octanol–water partition coefficient (Wildman–Crippen LogP) is 3.29. The standard InChI is InChI=1S/C13H26N2O/c1-2-3-7-10-14-13-15-11-8-5-4-6-9-12-16/h16H,2-12H2,1H3. The van der Waals surface area contributed by atoms with E-state index in [2.05, 4.69) is 22.9 Å². The van der Waals surface area contributed by atoms with Crippen LogP contribution in [0.2, 0.25) is 0 Å². The molecule has 3 heteroatoms. The third-order valence-corrected chi connectivity index (χ3v) is 2.44. The molecule has 3 nitrogen and oxygen atoms in total. The van der Waals surface area contributed by atoms with Crippen molar-refractivity contribution in [3.05, 3.63) is 0 Å². The van der Waals surface area contributed by atoms with E-state index < -0.39 is 0 Å². The highest BCUT2D eigenvalue weighted by Gasteiger charge is 1.88. The van der Waals surface area contributed by atoms with Gasteiger partial charge in [-0.25, -0.2) is 9.98 Å². The summed E-state index contributed by atoms with van der Waals surface area (Å²) in [5.41, 5.74) is 0. The van der Waals surface area contributed by atoms with Crippen molar-refractivity contribution in [1.29, 1.82) is 0 Å². The van der Waals surface area contributed by atoms with Crippen LogP contribution in [0.3, 0.4) is 0 Å². The molecule has 0 aliphatic rings. The minimum atomic E-state index is 0.322. The quantitative estimate of drug-likeness (QED) is 0.426. The highest BCUT2D eigenvalue weighted by atomic mass is 16.2. The first-order valence-corrected chi connectivity index (χ1v) is 6.60. The van der Waals surface area contributed by atoms with Crippen LogP contribution in [0.15, 0.2) is 9.98 Å². The van der Waals surface area contributed by atoms with Gasteiger partial charge in [-0.1, -0.05) is 39.0 Å². The Hall–Kier alpha value is -0.660. The van der Waals surface area contributed by atoms with Crippen LogP contribution in [0, 0.1) is 0 Å². The Morgan fingerprint density at radius 2 is 1.38 bits per heavy atom. The van der Waals surface area contributed by atoms with Crippen molar-refractivity contribution in [1.82, 2.24) is 0 Å². The lowest BCUT2D eigenvalue weighted by Gasteiger charge is -1.96. The number of aliphatic hydroxyl groups excluding tert-OH is 1. The second kappa shape index (κ2) is 14.3. The molecule has 0 aromatic heterocycles. The number of rotatable bonds is 11. The molecule has 0 amide bonds. The maximum absolute atomic E-state index is 8.59. The summed E-state index contributed by atoms with van der Waals surface area (Å²) in [6, 6.07) is 2.76. The first kappa shape index (κ1) is 15.3. The molecule has 16 heavy (non-hydrogen) atoms. The average molecular weight is 226 g/mol. The van der Waals surface area contributed by atoms with E-state index in [1.807, 2.05) is 0 Å². The first-order valence-electron chi connectivity index (χ1n) is 6.60. The summed E-state index contributed by atoms with van der Waals surface area (Å²) in [4.78, 5) is 8.23. The normalized spacial score (nSPS) is 9.88. The Morgan fingerprint density at radius 3 is 2.00 bits per heavy atom. The van der Waals surface area contributed by atoms with Gasteiger partial charge < -0.3 is 5.11 Å². The van der Waals surface area contributed by atoms with Gasteiger partial charge >= 0.3 is 0 Å². The Balaban J connectivity index is 3.14. The lowest BCUT2D eigenvalue weighted by Crippen LogP contribution is -1.85. The summed E-state index contributed by atoms with van der Waals surface area (Å²) in [5.74, 6) is 0. The summed E-state index contributed by atoms with van der Waals surface area (Å²) in [6.45, 7) is 4.22. The maximum atomic E-state index is 8.59. The molecule has 0 bridgehead atoms. The highest BCUT2D eigenvalue weighted by Crippen LogP contribution is 2.02. The molecule has 0 radical (unpaired) electrons. The zero-order valence-corrected chi connectivity index (χ0v) is 10.6. The molecule has 0 aromatic carbocycles. The van der Waals surface area contributed by atoms with Gasteiger partial charge in [0, 0.05) is 19.7 Å². The van der Waals surface area contributed by atoms with E-state index in [9.17, 15) is 0 Å². The summed E-state index contributed by atoms with van der Waals surface area (Å²) in [7, 11) is 0. The van der Waals surface area contributed by atoms with Gasteiger partial charge in [0.1, 0.15) is 0 Å². The Labute approximate surface area is 99.7 Å². The second-order valence-corrected chi connectivity index (χ2v) is 4.06. The highest BCUT2D eigenvalue weighted by molar-refractivity contribution is 5.40. The predicted molar refractivity (Wildman–Crippen MR) is 69.3 cm³/mol. The molecule has 0 spiro atoms. The van der Waals surface area contributed by atoms with Gasteiger partial charge in [0.05, 0.1) is 6.01 Å². The summed E-state index contributed by atoms with van der Waals surface area (Å²) in [5, 5.41) is 8.59. The second-order valence-electron chi connectivity index (χ2n) is 4.06. The van der Waals surface area contributed by atoms with Crippen LogP contribution < -0.4 is 0 Å². The molecule has 0 fully saturated rings. The fraction of sp³-hybridized carbons (Fsp3) is 0.923. The smallest absolute Gasteiger partial charge is 0.0892 e. The van der Waals surface area contributed by atoms with E-state index in [1.165, 1.54) is 25.7 Å². The Bertz CT molecular complexity index is 186. The molecule has 0 unspecified atom stereocenters. The summed E-state index contributed by atoms with van der Waals surface area (Å²) in [6.07, 6.45) is 9.21. The van der Waals surface area contributed by atoms with Gasteiger partial charge in [-0.15, -0.1) is 0 Å². The van der Waals surface area contributed by atoms with Gasteiger partial charge in [0.15, 0.2) is 0 Å². The molecule has 0 aliphatic heterocycles. The van der Waals surface area contributed by atoms with Crippen molar-refractivity contribution in [3.8, 4) is 0 Å². The third kappa shape index (κ3) is 13.3. The number of aliphatic hydroxyl groups is 1. The van der Waals surface area contributed by atoms with E-state index in [4.69, 9.17) is 5.11 Å². The Kier molecular flexibility index (Phi) is 13.7. The van der Waals surface area contributed by atoms with Crippen molar-refractivity contribution < 1.29 is 5.11 Å². The lowest BCUT2D eigenvalue weighted by molar-refractivity contribution is 0.282. The van der Waals surface area contributed by atoms with Crippen molar-refractivity contribution in [2.24, 2.45) is 9.98 Å². The van der Waals surface area contributed by atoms with Crippen molar-refractivity contribution in [2.75, 3.05) is 19.7 Å². The SMILES string of the molecule is CCCCCN=C=NCCCCCCCO. The first-order chi connectivity index (χ1) is 7.91. The van der Waals surface area contributed by atoms with Gasteiger partial charge in [0.25, 0.3) is 0 Å². The van der Waals surface area contributed by atoms with E-state index in [0.29, 0.717) is 6.61 Å². The largest absolute Gasteiger partial charge is 0.396 e. The monoisotopic (exact) mass is 226 g/mol. The number of hydrogen-bond acceptors (Lipinski definition) is 3. The van der Waals surface area contributed by atoms with Crippen LogP contribution in [-0.4, -0.2) is 30.8 Å². The number of aliphatic imine (C=N–C) groups is 2. The summed E-state index contributed by atoms with van der Waals surface area (Å²) < 4.78 is 0. The lowest BCUT2D eigenvalue weighted by atomic mass is 10.1. The summed E-state index contributed by atoms with van der Waals surface area (Å²) >= 11 is 0. The molecule has 0 atom stereocenters. The van der Waals surface area contributed by atoms with E-state index in [-0.39, 0.29) is 0 Å². The van der Waals surface area contributed by atoms with Crippen molar-refractivity contribution >= 4 is 6.01 Å². The van der Waals surface area contributed by atoms with E-state index >= 15 is 0 Å². The average Bonchev–Trinajstić information content (AvgIpc) is 2.31. The minimum Gasteiger partial charge on any atom is -0.396 e. The Morgan fingerprint density at radius 1 is 0.812 bits per heavy atom. The molecule has 0 heterocycles. The van der Waals surface area contributed by atoms with E-state index in [0.717, 1.165) is 38.8 Å². The van der Waals surface area contributed by atoms with Gasteiger partial charge in [-0.2, -0.15) is 0 Å². The van der Waals surface area contributed by atoms with Gasteiger partial charge in [0.2, 0.25) is 0 Å². The zero-order valence-electron chi connectivity index (χ0n) is 10.6. The number of nitrogens with zero attached hydrogens (tertiary/aromatic N) is 2. The van der Waals surface area contributed by atoms with Crippen LogP contribution in [0.4, 0.5) is 0 Å². The minimum absolute atomic E-state index is 0.322. The molecular weight excluding hydrogens is 200 g/mol. The molecule has 0 saturated heterocycles. The fourth-order valence-corrected chi connectivity index (χ4v) is 1.42. The van der Waals surface area contributed by atoms with Crippen molar-refractivity contribution in [3.63, 3.8) is 0 Å². The van der Waals surface area contributed by atoms with Crippen molar-refractivity contribution in [2.45, 2.75) is 58.3 Å². The van der Waals surface area contributed by atoms with Crippen LogP contribution in [0.5, 0.6) is 0 Å². The molecule has 1 N–H and O–H groups in total.